The zero-order valence-corrected chi connectivity index (χ0v) is 22.7. The number of hydrogen-bond donors (Lipinski definition) is 2. The minimum absolute atomic E-state index is 0.0587. The second-order valence-electron chi connectivity index (χ2n) is 7.57. The van der Waals surface area contributed by atoms with E-state index >= 15 is 0 Å². The van der Waals surface area contributed by atoms with Gasteiger partial charge in [0, 0.05) is 5.69 Å². The van der Waals surface area contributed by atoms with Crippen LogP contribution in [-0.4, -0.2) is 18.4 Å². The molecule has 35 heavy (non-hydrogen) atoms. The van der Waals surface area contributed by atoms with E-state index in [4.69, 9.17) is 16.3 Å². The van der Waals surface area contributed by atoms with Gasteiger partial charge >= 0.3 is 0 Å². The molecule has 178 valence electrons. The third-order valence-electron chi connectivity index (χ3n) is 4.82. The van der Waals surface area contributed by atoms with E-state index in [9.17, 15) is 14.9 Å². The number of aryl methyl sites for hydroxylation is 2. The molecule has 0 saturated heterocycles. The molecule has 0 radical (unpaired) electrons. The fourth-order valence-corrected chi connectivity index (χ4v) is 4.78. The Morgan fingerprint density at radius 3 is 2.34 bits per heavy atom. The standard InChI is InChI=1S/C26H20Br2ClN3O3/c1-15-7-8-22(16(2)9-15)32-26(34)18(13-30)10-17-11-19(27)25(20(28)12-17)35-14-24(33)31-23-6-4-3-5-21(23)29/h3-12H,14H2,1-2H3,(H,31,33)(H,32,34)/b18-10+. The molecule has 3 rings (SSSR count). The quantitative estimate of drug-likeness (QED) is 0.220. The number of benzene rings is 3. The molecule has 2 N–H and O–H groups in total. The number of halogens is 3. The van der Waals surface area contributed by atoms with Gasteiger partial charge in [0.15, 0.2) is 6.61 Å². The summed E-state index contributed by atoms with van der Waals surface area (Å²) in [6.45, 7) is 3.60. The van der Waals surface area contributed by atoms with Gasteiger partial charge in [-0.1, -0.05) is 41.4 Å². The van der Waals surface area contributed by atoms with E-state index in [1.165, 1.54) is 6.08 Å². The second-order valence-corrected chi connectivity index (χ2v) is 9.69. The minimum Gasteiger partial charge on any atom is -0.481 e. The van der Waals surface area contributed by atoms with Crippen LogP contribution < -0.4 is 15.4 Å². The van der Waals surface area contributed by atoms with Crippen molar-refractivity contribution in [2.45, 2.75) is 13.8 Å². The zero-order valence-electron chi connectivity index (χ0n) is 18.8. The zero-order chi connectivity index (χ0) is 25.5. The number of nitrogens with zero attached hydrogens (tertiary/aromatic N) is 1. The fourth-order valence-electron chi connectivity index (χ4n) is 3.15. The molecule has 0 bridgehead atoms. The summed E-state index contributed by atoms with van der Waals surface area (Å²) in [6.07, 6.45) is 1.47. The van der Waals surface area contributed by atoms with Crippen LogP contribution in [0.1, 0.15) is 16.7 Å². The van der Waals surface area contributed by atoms with Crippen molar-refractivity contribution in [2.24, 2.45) is 0 Å². The number of ether oxygens (including phenoxy) is 1. The lowest BCUT2D eigenvalue weighted by molar-refractivity contribution is -0.118. The van der Waals surface area contributed by atoms with Crippen molar-refractivity contribution < 1.29 is 14.3 Å². The predicted octanol–water partition coefficient (Wildman–Crippen LogP) is 7.05. The maximum atomic E-state index is 12.7. The predicted molar refractivity (Wildman–Crippen MR) is 146 cm³/mol. The molecule has 0 heterocycles. The van der Waals surface area contributed by atoms with E-state index in [0.717, 1.165) is 11.1 Å². The number of nitrogens with one attached hydrogen (secondary N) is 2. The lowest BCUT2D eigenvalue weighted by Crippen LogP contribution is -2.20. The molecule has 0 spiro atoms. The summed E-state index contributed by atoms with van der Waals surface area (Å²) in [5.74, 6) is -0.492. The molecule has 3 aromatic carbocycles. The van der Waals surface area contributed by atoms with Crippen LogP contribution in [0.5, 0.6) is 5.75 Å². The van der Waals surface area contributed by atoms with Gasteiger partial charge in [0.05, 0.1) is 19.7 Å². The molecule has 2 amide bonds. The summed E-state index contributed by atoms with van der Waals surface area (Å²) in [5, 5.41) is 15.4. The lowest BCUT2D eigenvalue weighted by atomic mass is 10.1. The molecule has 3 aromatic rings. The van der Waals surface area contributed by atoms with Crippen LogP contribution in [0, 0.1) is 25.2 Å². The molecule has 0 atom stereocenters. The van der Waals surface area contributed by atoms with E-state index in [1.54, 1.807) is 42.5 Å². The van der Waals surface area contributed by atoms with Gasteiger partial charge in [-0.2, -0.15) is 5.26 Å². The first-order valence-corrected chi connectivity index (χ1v) is 12.3. The van der Waals surface area contributed by atoms with Gasteiger partial charge < -0.3 is 15.4 Å². The van der Waals surface area contributed by atoms with Crippen LogP contribution in [0.2, 0.25) is 5.02 Å². The molecule has 0 aliphatic heterocycles. The number of nitriles is 1. The average molecular weight is 618 g/mol. The lowest BCUT2D eigenvalue weighted by Gasteiger charge is -2.12. The van der Waals surface area contributed by atoms with Crippen LogP contribution >= 0.6 is 43.5 Å². The first-order valence-electron chi connectivity index (χ1n) is 10.3. The summed E-state index contributed by atoms with van der Waals surface area (Å²) in [5.41, 5.74) is 3.64. The Hall–Kier alpha value is -3.12. The van der Waals surface area contributed by atoms with Gasteiger partial charge in [0.25, 0.3) is 11.8 Å². The summed E-state index contributed by atoms with van der Waals surface area (Å²) >= 11 is 12.9. The SMILES string of the molecule is Cc1ccc(NC(=O)/C(C#N)=C/c2cc(Br)c(OCC(=O)Nc3ccccc3Cl)c(Br)c2)c(C)c1. The second kappa shape index (κ2) is 12.0. The van der Waals surface area contributed by atoms with Crippen LogP contribution in [0.3, 0.4) is 0 Å². The Balaban J connectivity index is 1.71. The van der Waals surface area contributed by atoms with E-state index in [2.05, 4.69) is 42.5 Å². The Kier molecular flexibility index (Phi) is 9.10. The largest absolute Gasteiger partial charge is 0.481 e. The van der Waals surface area contributed by atoms with E-state index < -0.39 is 5.91 Å². The normalized spacial score (nSPS) is 10.9. The molecule has 0 aliphatic carbocycles. The number of rotatable bonds is 7. The van der Waals surface area contributed by atoms with Crippen molar-refractivity contribution in [3.8, 4) is 11.8 Å². The number of carbonyl (C=O) groups is 2. The molecule has 9 heteroatoms. The van der Waals surface area contributed by atoms with E-state index in [-0.39, 0.29) is 18.1 Å². The van der Waals surface area contributed by atoms with Crippen molar-refractivity contribution >= 4 is 72.7 Å². The average Bonchev–Trinajstić information content (AvgIpc) is 2.80. The molecule has 6 nitrogen and oxygen atoms in total. The highest BCUT2D eigenvalue weighted by Crippen LogP contribution is 2.35. The van der Waals surface area contributed by atoms with E-state index in [1.807, 2.05) is 32.0 Å². The topological polar surface area (TPSA) is 91.2 Å². The summed E-state index contributed by atoms with van der Waals surface area (Å²) in [7, 11) is 0. The molecule has 0 aliphatic rings. The van der Waals surface area contributed by atoms with Gasteiger partial charge in [-0.3, -0.25) is 9.59 Å². The summed E-state index contributed by atoms with van der Waals surface area (Å²) in [4.78, 5) is 24.9. The van der Waals surface area contributed by atoms with Crippen LogP contribution in [0.4, 0.5) is 11.4 Å². The highest BCUT2D eigenvalue weighted by atomic mass is 79.9. The Bertz CT molecular complexity index is 1340. The van der Waals surface area contributed by atoms with Crippen molar-refractivity contribution in [3.05, 3.63) is 90.8 Å². The van der Waals surface area contributed by atoms with Crippen LogP contribution in [0.15, 0.2) is 69.1 Å². The first kappa shape index (κ1) is 26.5. The van der Waals surface area contributed by atoms with Gasteiger partial charge in [-0.05, 0) is 93.2 Å². The summed E-state index contributed by atoms with van der Waals surface area (Å²) < 4.78 is 6.74. The highest BCUT2D eigenvalue weighted by Gasteiger charge is 2.15. The smallest absolute Gasteiger partial charge is 0.266 e. The number of para-hydroxylation sites is 1. The fraction of sp³-hybridized carbons (Fsp3) is 0.115. The first-order chi connectivity index (χ1) is 16.7. The Morgan fingerprint density at radius 2 is 1.71 bits per heavy atom. The maximum absolute atomic E-state index is 12.7. The van der Waals surface area contributed by atoms with Gasteiger partial charge in [0.2, 0.25) is 0 Å². The molecular formula is C26H20Br2ClN3O3. The van der Waals surface area contributed by atoms with Crippen LogP contribution in [0.25, 0.3) is 6.08 Å². The molecule has 0 aromatic heterocycles. The van der Waals surface area contributed by atoms with Crippen LogP contribution in [-0.2, 0) is 9.59 Å². The third kappa shape index (κ3) is 7.18. The maximum Gasteiger partial charge on any atom is 0.266 e. The third-order valence-corrected chi connectivity index (χ3v) is 6.33. The number of hydrogen-bond acceptors (Lipinski definition) is 4. The number of carbonyl (C=O) groups excluding carboxylic acids is 2. The van der Waals surface area contributed by atoms with Crippen molar-refractivity contribution in [3.63, 3.8) is 0 Å². The molecule has 0 unspecified atom stereocenters. The van der Waals surface area contributed by atoms with Crippen molar-refractivity contribution in [2.75, 3.05) is 17.2 Å². The van der Waals surface area contributed by atoms with Gasteiger partial charge in [-0.15, -0.1) is 0 Å². The van der Waals surface area contributed by atoms with E-state index in [0.29, 0.717) is 36.7 Å². The number of anilines is 2. The minimum atomic E-state index is -0.511. The van der Waals surface area contributed by atoms with Gasteiger partial charge in [0.1, 0.15) is 17.4 Å². The monoisotopic (exact) mass is 615 g/mol. The van der Waals surface area contributed by atoms with Gasteiger partial charge in [-0.25, -0.2) is 0 Å². The molecule has 0 fully saturated rings. The highest BCUT2D eigenvalue weighted by molar-refractivity contribution is 9.11. The molecule has 0 saturated carbocycles. The Labute approximate surface area is 225 Å². The molecular weight excluding hydrogens is 598 g/mol. The van der Waals surface area contributed by atoms with Crippen molar-refractivity contribution in [1.82, 2.24) is 0 Å². The summed E-state index contributed by atoms with van der Waals surface area (Å²) in [6, 6.07) is 17.9. The van der Waals surface area contributed by atoms with Crippen molar-refractivity contribution in [1.29, 1.82) is 5.26 Å². The number of amides is 2. The Morgan fingerprint density at radius 1 is 1.03 bits per heavy atom.